The molecule has 0 saturated heterocycles. The van der Waals surface area contributed by atoms with Crippen LogP contribution in [0.5, 0.6) is 0 Å². The lowest BCUT2D eigenvalue weighted by Crippen LogP contribution is -2.40. The van der Waals surface area contributed by atoms with Crippen molar-refractivity contribution in [3.8, 4) is 0 Å². The van der Waals surface area contributed by atoms with Gasteiger partial charge in [-0.3, -0.25) is 0 Å². The summed E-state index contributed by atoms with van der Waals surface area (Å²) in [5.74, 6) is 0.666. The zero-order valence-corrected chi connectivity index (χ0v) is 19.5. The molecule has 0 bridgehead atoms. The Labute approximate surface area is 177 Å². The average molecular weight is 399 g/mol. The first-order valence-electron chi connectivity index (χ1n) is 11.7. The summed E-state index contributed by atoms with van der Waals surface area (Å²) in [6, 6.07) is 14.3. The van der Waals surface area contributed by atoms with Crippen molar-refractivity contribution >= 4 is 19.7 Å². The SMILES string of the molecule is CCCC(C)C1=CC([Si](C)(C)C2C=Cc3ccccc32)c2cc3c(cc21)CCC3. The highest BCUT2D eigenvalue weighted by Crippen LogP contribution is 2.51. The maximum Gasteiger partial charge on any atom is 0.0715 e. The summed E-state index contributed by atoms with van der Waals surface area (Å²) in [6.45, 7) is 10.0. The Morgan fingerprint density at radius 1 is 1.00 bits per heavy atom. The Balaban J connectivity index is 1.61. The van der Waals surface area contributed by atoms with E-state index >= 15 is 0 Å². The third kappa shape index (κ3) is 3.01. The Kier molecular flexibility index (Phi) is 4.70. The van der Waals surface area contributed by atoms with Crippen LogP contribution in [0.25, 0.3) is 11.6 Å². The second kappa shape index (κ2) is 7.13. The molecule has 0 N–H and O–H groups in total. The molecule has 1 heteroatoms. The quantitative estimate of drug-likeness (QED) is 0.453. The number of aryl methyl sites for hydroxylation is 2. The summed E-state index contributed by atoms with van der Waals surface area (Å²) in [6.07, 6.45) is 14.1. The lowest BCUT2D eigenvalue weighted by atomic mass is 9.90. The van der Waals surface area contributed by atoms with Gasteiger partial charge in [0.2, 0.25) is 0 Å². The molecule has 2 aromatic rings. The van der Waals surface area contributed by atoms with Gasteiger partial charge in [-0.2, -0.15) is 0 Å². The largest absolute Gasteiger partial charge is 0.0791 e. The zero-order chi connectivity index (χ0) is 20.2. The van der Waals surface area contributed by atoms with Crippen molar-refractivity contribution < 1.29 is 0 Å². The molecule has 150 valence electrons. The van der Waals surface area contributed by atoms with Crippen LogP contribution in [0.2, 0.25) is 13.1 Å². The van der Waals surface area contributed by atoms with E-state index in [4.69, 9.17) is 0 Å². The van der Waals surface area contributed by atoms with Gasteiger partial charge in [0.25, 0.3) is 0 Å². The molecule has 0 spiro atoms. The monoisotopic (exact) mass is 398 g/mol. The molecule has 0 saturated carbocycles. The third-order valence-electron chi connectivity index (χ3n) is 7.91. The molecular formula is C28H34Si. The van der Waals surface area contributed by atoms with Gasteiger partial charge in [-0.25, -0.2) is 0 Å². The Morgan fingerprint density at radius 3 is 2.55 bits per heavy atom. The number of hydrogen-bond donors (Lipinski definition) is 0. The molecule has 0 heterocycles. The van der Waals surface area contributed by atoms with Gasteiger partial charge < -0.3 is 0 Å². The summed E-state index contributed by atoms with van der Waals surface area (Å²) >= 11 is 0. The van der Waals surface area contributed by atoms with Crippen LogP contribution in [0.1, 0.15) is 77.6 Å². The van der Waals surface area contributed by atoms with E-state index in [1.165, 1.54) is 37.7 Å². The van der Waals surface area contributed by atoms with Crippen LogP contribution in [0.15, 0.2) is 48.6 Å². The molecule has 3 aliphatic rings. The summed E-state index contributed by atoms with van der Waals surface area (Å²) < 4.78 is 0. The van der Waals surface area contributed by atoms with Crippen LogP contribution in [0.4, 0.5) is 0 Å². The molecule has 3 atom stereocenters. The molecule has 0 fully saturated rings. The summed E-state index contributed by atoms with van der Waals surface area (Å²) in [7, 11) is -1.65. The van der Waals surface area contributed by atoms with E-state index in [1.54, 1.807) is 33.4 Å². The van der Waals surface area contributed by atoms with Gasteiger partial charge in [-0.05, 0) is 81.6 Å². The first-order chi connectivity index (χ1) is 14.0. The second-order valence-corrected chi connectivity index (χ2v) is 15.0. The Morgan fingerprint density at radius 2 is 1.76 bits per heavy atom. The fourth-order valence-electron chi connectivity index (χ4n) is 6.24. The minimum absolute atomic E-state index is 0.613. The molecule has 3 unspecified atom stereocenters. The highest BCUT2D eigenvalue weighted by atomic mass is 28.3. The molecule has 0 radical (unpaired) electrons. The van der Waals surface area contributed by atoms with Crippen LogP contribution >= 0.6 is 0 Å². The molecule has 0 nitrogen and oxygen atoms in total. The van der Waals surface area contributed by atoms with Gasteiger partial charge in [0.1, 0.15) is 0 Å². The summed E-state index contributed by atoms with van der Waals surface area (Å²) in [4.78, 5) is 0. The van der Waals surface area contributed by atoms with Crippen LogP contribution in [0, 0.1) is 5.92 Å². The summed E-state index contributed by atoms with van der Waals surface area (Å²) in [5, 5.41) is 0. The lowest BCUT2D eigenvalue weighted by molar-refractivity contribution is 0.650. The fourth-order valence-corrected chi connectivity index (χ4v) is 9.93. The van der Waals surface area contributed by atoms with E-state index < -0.39 is 8.07 Å². The predicted molar refractivity (Wildman–Crippen MR) is 129 cm³/mol. The predicted octanol–water partition coefficient (Wildman–Crippen LogP) is 7.69. The Hall–Kier alpha value is -1.86. The van der Waals surface area contributed by atoms with Gasteiger partial charge >= 0.3 is 0 Å². The van der Waals surface area contributed by atoms with Crippen molar-refractivity contribution in [1.82, 2.24) is 0 Å². The number of hydrogen-bond acceptors (Lipinski definition) is 0. The first kappa shape index (κ1) is 19.1. The maximum absolute atomic E-state index is 2.72. The zero-order valence-electron chi connectivity index (χ0n) is 18.5. The van der Waals surface area contributed by atoms with Gasteiger partial charge in [-0.15, -0.1) is 0 Å². The van der Waals surface area contributed by atoms with Crippen molar-refractivity contribution in [2.24, 2.45) is 5.92 Å². The van der Waals surface area contributed by atoms with Gasteiger partial charge in [0.05, 0.1) is 8.07 Å². The van der Waals surface area contributed by atoms with Gasteiger partial charge in [0, 0.05) is 0 Å². The van der Waals surface area contributed by atoms with Crippen LogP contribution in [0.3, 0.4) is 0 Å². The molecule has 0 aromatic heterocycles. The van der Waals surface area contributed by atoms with Crippen molar-refractivity contribution in [2.45, 2.75) is 70.1 Å². The van der Waals surface area contributed by atoms with Crippen molar-refractivity contribution in [3.05, 3.63) is 81.9 Å². The smallest absolute Gasteiger partial charge is 0.0715 e. The van der Waals surface area contributed by atoms with E-state index in [9.17, 15) is 0 Å². The van der Waals surface area contributed by atoms with Crippen molar-refractivity contribution in [1.29, 1.82) is 0 Å². The first-order valence-corrected chi connectivity index (χ1v) is 14.8. The molecule has 3 aliphatic carbocycles. The van der Waals surface area contributed by atoms with Crippen LogP contribution < -0.4 is 0 Å². The van der Waals surface area contributed by atoms with E-state index in [1.807, 2.05) is 0 Å². The second-order valence-electron chi connectivity index (χ2n) is 10.1. The van der Waals surface area contributed by atoms with Gasteiger partial charge in [-0.1, -0.05) is 88.0 Å². The molecular weight excluding hydrogens is 364 g/mol. The molecule has 0 amide bonds. The highest BCUT2D eigenvalue weighted by Gasteiger charge is 2.44. The highest BCUT2D eigenvalue weighted by molar-refractivity contribution is 6.81. The number of rotatable bonds is 5. The maximum atomic E-state index is 2.72. The molecule has 5 rings (SSSR count). The van der Waals surface area contributed by atoms with E-state index in [-0.39, 0.29) is 0 Å². The third-order valence-corrected chi connectivity index (χ3v) is 12.1. The number of allylic oxidation sites excluding steroid dienone is 3. The van der Waals surface area contributed by atoms with Crippen LogP contribution in [-0.2, 0) is 12.8 Å². The molecule has 29 heavy (non-hydrogen) atoms. The lowest BCUT2D eigenvalue weighted by Gasteiger charge is -2.35. The van der Waals surface area contributed by atoms with Crippen molar-refractivity contribution in [2.75, 3.05) is 0 Å². The molecule has 0 aliphatic heterocycles. The Bertz CT molecular complexity index is 1010. The van der Waals surface area contributed by atoms with E-state index in [0.29, 0.717) is 17.0 Å². The van der Waals surface area contributed by atoms with Gasteiger partial charge in [0.15, 0.2) is 0 Å². The topological polar surface area (TPSA) is 0 Å². The van der Waals surface area contributed by atoms with E-state index in [2.05, 4.69) is 81.6 Å². The van der Waals surface area contributed by atoms with Crippen molar-refractivity contribution in [3.63, 3.8) is 0 Å². The fraction of sp³-hybridized carbons (Fsp3) is 0.429. The summed E-state index contributed by atoms with van der Waals surface area (Å²) in [5.41, 5.74) is 12.4. The number of fused-ring (bicyclic) bond motifs is 3. The minimum Gasteiger partial charge on any atom is -0.0791 e. The average Bonchev–Trinajstić information content (AvgIpc) is 3.42. The van der Waals surface area contributed by atoms with E-state index in [0.717, 1.165) is 0 Å². The normalized spacial score (nSPS) is 23.0. The minimum atomic E-state index is -1.65. The van der Waals surface area contributed by atoms with Crippen LogP contribution in [-0.4, -0.2) is 8.07 Å². The number of benzene rings is 2. The standard InChI is InChI=1S/C28H34Si/c1-5-9-19(2)24-18-28(26-17-22-12-8-11-21(22)16-25(24)26)29(3,4)27-15-14-20-10-6-7-13-23(20)27/h6-7,10,13-19,27-28H,5,8-9,11-12H2,1-4H3. The molecule has 2 aromatic carbocycles.